The van der Waals surface area contributed by atoms with Crippen molar-refractivity contribution in [2.24, 2.45) is 11.8 Å². The number of benzene rings is 1. The fraction of sp³-hybridized carbons (Fsp3) is 0.421. The summed E-state index contributed by atoms with van der Waals surface area (Å²) in [6.07, 6.45) is 1.37. The van der Waals surface area contributed by atoms with Crippen molar-refractivity contribution in [3.8, 4) is 0 Å². The molecular formula is C19H24N2O3S2. The Labute approximate surface area is 159 Å². The van der Waals surface area contributed by atoms with Gasteiger partial charge in [0.25, 0.3) is 0 Å². The second-order valence-corrected chi connectivity index (χ2v) is 9.87. The van der Waals surface area contributed by atoms with Gasteiger partial charge in [-0.1, -0.05) is 13.8 Å². The van der Waals surface area contributed by atoms with Gasteiger partial charge in [0, 0.05) is 18.8 Å². The molecule has 1 aromatic carbocycles. The van der Waals surface area contributed by atoms with Gasteiger partial charge in [-0.05, 0) is 64.9 Å². The third-order valence-corrected chi connectivity index (χ3v) is 7.13. The first-order chi connectivity index (χ1) is 12.3. The van der Waals surface area contributed by atoms with Gasteiger partial charge in [0.1, 0.15) is 0 Å². The van der Waals surface area contributed by atoms with Crippen molar-refractivity contribution in [1.29, 1.82) is 0 Å². The number of rotatable bonds is 5. The van der Waals surface area contributed by atoms with E-state index in [1.54, 1.807) is 39.9 Å². The van der Waals surface area contributed by atoms with Crippen molar-refractivity contribution >= 4 is 33.0 Å². The van der Waals surface area contributed by atoms with Crippen molar-refractivity contribution in [3.63, 3.8) is 0 Å². The molecule has 3 rings (SSSR count). The Balaban J connectivity index is 1.67. The molecule has 0 unspecified atom stereocenters. The highest BCUT2D eigenvalue weighted by molar-refractivity contribution is 7.89. The van der Waals surface area contributed by atoms with Crippen LogP contribution in [0.25, 0.3) is 0 Å². The minimum absolute atomic E-state index is 0.113. The van der Waals surface area contributed by atoms with Crippen LogP contribution >= 0.6 is 11.3 Å². The maximum Gasteiger partial charge on any atom is 0.243 e. The Morgan fingerprint density at radius 3 is 2.38 bits per heavy atom. The molecule has 2 atom stereocenters. The van der Waals surface area contributed by atoms with E-state index < -0.39 is 10.0 Å². The second-order valence-electron chi connectivity index (χ2n) is 7.15. The standard InChI is InChI=1S/C19H24N2O3S2/c1-14-9-15(2)12-21(11-14)26(23,24)18-5-3-17(4-6-18)20-19(22)10-16-7-8-25-13-16/h3-8,13-15H,9-12H2,1-2H3,(H,20,22)/t14-,15-/m0/s1. The lowest BCUT2D eigenvalue weighted by atomic mass is 9.94. The van der Waals surface area contributed by atoms with Crippen molar-refractivity contribution in [2.75, 3.05) is 18.4 Å². The van der Waals surface area contributed by atoms with E-state index in [4.69, 9.17) is 0 Å². The van der Waals surface area contributed by atoms with Crippen LogP contribution in [0.3, 0.4) is 0 Å². The topological polar surface area (TPSA) is 66.5 Å². The number of hydrogen-bond donors (Lipinski definition) is 1. The Hall–Kier alpha value is -1.70. The summed E-state index contributed by atoms with van der Waals surface area (Å²) in [6, 6.07) is 8.35. The van der Waals surface area contributed by atoms with Crippen molar-refractivity contribution in [2.45, 2.75) is 31.6 Å². The highest BCUT2D eigenvalue weighted by atomic mass is 32.2. The van der Waals surface area contributed by atoms with Crippen LogP contribution in [0.4, 0.5) is 5.69 Å². The van der Waals surface area contributed by atoms with Crippen LogP contribution in [0.5, 0.6) is 0 Å². The Morgan fingerprint density at radius 2 is 1.81 bits per heavy atom. The lowest BCUT2D eigenvalue weighted by molar-refractivity contribution is -0.115. The summed E-state index contributed by atoms with van der Waals surface area (Å²) in [5, 5.41) is 6.69. The average Bonchev–Trinajstić information content (AvgIpc) is 3.07. The van der Waals surface area contributed by atoms with Crippen LogP contribution in [0.1, 0.15) is 25.8 Å². The summed E-state index contributed by atoms with van der Waals surface area (Å²) in [5.41, 5.74) is 1.57. The summed E-state index contributed by atoms with van der Waals surface area (Å²) in [6.45, 7) is 5.30. The van der Waals surface area contributed by atoms with Gasteiger partial charge >= 0.3 is 0 Å². The first kappa shape index (κ1) is 19.1. The molecule has 1 saturated heterocycles. The first-order valence-electron chi connectivity index (χ1n) is 8.75. The lowest BCUT2D eigenvalue weighted by Crippen LogP contribution is -2.42. The smallest absolute Gasteiger partial charge is 0.243 e. The van der Waals surface area contributed by atoms with Crippen molar-refractivity contribution < 1.29 is 13.2 Å². The number of anilines is 1. The summed E-state index contributed by atoms with van der Waals surface area (Å²) in [7, 11) is -3.49. The molecule has 0 radical (unpaired) electrons. The SMILES string of the molecule is C[C@H]1C[C@H](C)CN(S(=O)(=O)c2ccc(NC(=O)Cc3ccsc3)cc2)C1. The number of piperidine rings is 1. The van der Waals surface area contributed by atoms with Crippen LogP contribution in [-0.2, 0) is 21.2 Å². The van der Waals surface area contributed by atoms with E-state index in [0.717, 1.165) is 12.0 Å². The van der Waals surface area contributed by atoms with Gasteiger partial charge in [-0.3, -0.25) is 4.79 Å². The zero-order valence-corrected chi connectivity index (χ0v) is 16.6. The fourth-order valence-corrected chi connectivity index (χ4v) is 5.79. The first-order valence-corrected chi connectivity index (χ1v) is 11.1. The van der Waals surface area contributed by atoms with E-state index in [1.807, 2.05) is 16.8 Å². The normalized spacial score (nSPS) is 21.5. The number of carbonyl (C=O) groups excluding carboxylic acids is 1. The Bertz CT molecular complexity index is 835. The molecule has 7 heteroatoms. The van der Waals surface area contributed by atoms with Crippen LogP contribution < -0.4 is 5.32 Å². The molecule has 1 N–H and O–H groups in total. The monoisotopic (exact) mass is 392 g/mol. The van der Waals surface area contributed by atoms with Crippen LogP contribution in [0.2, 0.25) is 0 Å². The largest absolute Gasteiger partial charge is 0.326 e. The van der Waals surface area contributed by atoms with E-state index in [0.29, 0.717) is 37.0 Å². The minimum Gasteiger partial charge on any atom is -0.326 e. The zero-order chi connectivity index (χ0) is 18.7. The predicted molar refractivity (Wildman–Crippen MR) is 105 cm³/mol. The maximum atomic E-state index is 12.9. The van der Waals surface area contributed by atoms with E-state index >= 15 is 0 Å². The van der Waals surface area contributed by atoms with Crippen molar-refractivity contribution in [3.05, 3.63) is 46.7 Å². The zero-order valence-electron chi connectivity index (χ0n) is 15.0. The third kappa shape index (κ3) is 4.52. The molecule has 0 bridgehead atoms. The number of amides is 1. The number of carbonyl (C=O) groups is 1. The van der Waals surface area contributed by atoms with Gasteiger partial charge in [0.2, 0.25) is 15.9 Å². The van der Waals surface area contributed by atoms with Crippen LogP contribution in [0, 0.1) is 11.8 Å². The predicted octanol–water partition coefficient (Wildman–Crippen LogP) is 3.60. The molecule has 1 amide bonds. The number of thiophene rings is 1. The van der Waals surface area contributed by atoms with E-state index in [-0.39, 0.29) is 10.8 Å². The summed E-state index contributed by atoms with van der Waals surface area (Å²) in [4.78, 5) is 12.3. The van der Waals surface area contributed by atoms with Gasteiger partial charge in [-0.25, -0.2) is 8.42 Å². The van der Waals surface area contributed by atoms with Gasteiger partial charge < -0.3 is 5.32 Å². The molecule has 0 spiro atoms. The maximum absolute atomic E-state index is 12.9. The molecule has 1 aliphatic rings. The summed E-state index contributed by atoms with van der Waals surface area (Å²) < 4.78 is 27.3. The molecule has 1 aliphatic heterocycles. The molecule has 26 heavy (non-hydrogen) atoms. The molecule has 2 aromatic rings. The van der Waals surface area contributed by atoms with Crippen LogP contribution in [-0.4, -0.2) is 31.7 Å². The molecule has 1 fully saturated rings. The molecular weight excluding hydrogens is 368 g/mol. The molecule has 2 heterocycles. The van der Waals surface area contributed by atoms with Gasteiger partial charge in [0.15, 0.2) is 0 Å². The summed E-state index contributed by atoms with van der Waals surface area (Å²) in [5.74, 6) is 0.617. The fourth-order valence-electron chi connectivity index (χ4n) is 3.45. The van der Waals surface area contributed by atoms with E-state index in [1.165, 1.54) is 0 Å². The third-order valence-electron chi connectivity index (χ3n) is 4.56. The minimum atomic E-state index is -3.49. The van der Waals surface area contributed by atoms with E-state index in [2.05, 4.69) is 19.2 Å². The number of hydrogen-bond acceptors (Lipinski definition) is 4. The van der Waals surface area contributed by atoms with Gasteiger partial charge in [0.05, 0.1) is 11.3 Å². The number of nitrogens with zero attached hydrogens (tertiary/aromatic N) is 1. The lowest BCUT2D eigenvalue weighted by Gasteiger charge is -2.34. The number of sulfonamides is 1. The Kier molecular flexibility index (Phi) is 5.79. The molecule has 5 nitrogen and oxygen atoms in total. The Morgan fingerprint density at radius 1 is 1.15 bits per heavy atom. The van der Waals surface area contributed by atoms with Gasteiger partial charge in [-0.2, -0.15) is 15.6 Å². The summed E-state index contributed by atoms with van der Waals surface area (Å²) >= 11 is 1.55. The van der Waals surface area contributed by atoms with Crippen molar-refractivity contribution in [1.82, 2.24) is 4.31 Å². The van der Waals surface area contributed by atoms with E-state index in [9.17, 15) is 13.2 Å². The second kappa shape index (κ2) is 7.90. The molecule has 140 valence electrons. The number of nitrogens with one attached hydrogen (secondary N) is 1. The molecule has 1 aromatic heterocycles. The average molecular weight is 393 g/mol. The molecule has 0 saturated carbocycles. The quantitative estimate of drug-likeness (QED) is 0.845. The highest BCUT2D eigenvalue weighted by Crippen LogP contribution is 2.27. The molecule has 0 aliphatic carbocycles. The van der Waals surface area contributed by atoms with Crippen LogP contribution in [0.15, 0.2) is 46.0 Å². The van der Waals surface area contributed by atoms with Gasteiger partial charge in [-0.15, -0.1) is 0 Å². The highest BCUT2D eigenvalue weighted by Gasteiger charge is 2.31.